The molecule has 0 aromatic heterocycles. The summed E-state index contributed by atoms with van der Waals surface area (Å²) in [4.78, 5) is 17.4. The molecule has 1 aromatic rings. The summed E-state index contributed by atoms with van der Waals surface area (Å²) in [5.74, 6) is 0.794. The average molecular weight is 467 g/mol. The summed E-state index contributed by atoms with van der Waals surface area (Å²) < 4.78 is 38.9. The van der Waals surface area contributed by atoms with Crippen molar-refractivity contribution >= 4 is 5.91 Å². The van der Waals surface area contributed by atoms with E-state index in [9.17, 15) is 23.1 Å². The predicted molar refractivity (Wildman–Crippen MR) is 121 cm³/mol. The summed E-state index contributed by atoms with van der Waals surface area (Å²) >= 11 is 0. The SMILES string of the molecule is CC(C)[C@@H](CO)N1C(=O)CC[C@@H]2CC(N(Cc3ccc(C(F)(F)F)cc3)C3CC3)CCC[C@@H]21. The van der Waals surface area contributed by atoms with E-state index in [2.05, 4.69) is 18.7 Å². The minimum absolute atomic E-state index is 0.00181. The highest BCUT2D eigenvalue weighted by atomic mass is 19.4. The van der Waals surface area contributed by atoms with Crippen molar-refractivity contribution in [1.82, 2.24) is 9.80 Å². The van der Waals surface area contributed by atoms with Gasteiger partial charge < -0.3 is 10.0 Å². The summed E-state index contributed by atoms with van der Waals surface area (Å²) in [5.41, 5.74) is 0.327. The van der Waals surface area contributed by atoms with Crippen LogP contribution in [0, 0.1) is 11.8 Å². The van der Waals surface area contributed by atoms with Crippen molar-refractivity contribution in [3.63, 3.8) is 0 Å². The van der Waals surface area contributed by atoms with Gasteiger partial charge in [-0.1, -0.05) is 26.0 Å². The Labute approximate surface area is 195 Å². The molecule has 0 spiro atoms. The van der Waals surface area contributed by atoms with Crippen LogP contribution in [0.2, 0.25) is 0 Å². The summed E-state index contributed by atoms with van der Waals surface area (Å²) in [6.45, 7) is 4.81. The Morgan fingerprint density at radius 2 is 1.76 bits per heavy atom. The van der Waals surface area contributed by atoms with Crippen molar-refractivity contribution in [1.29, 1.82) is 0 Å². The lowest BCUT2D eigenvalue weighted by Gasteiger charge is -2.46. The highest BCUT2D eigenvalue weighted by Gasteiger charge is 2.44. The van der Waals surface area contributed by atoms with Crippen molar-refractivity contribution in [2.75, 3.05) is 6.61 Å². The standard InChI is InChI=1S/C26H37F3N2O2/c1-17(2)24(16-32)31-23-5-3-4-22(14-19(23)8-13-25(31)33)30(21-11-12-21)15-18-6-9-20(10-7-18)26(27,28)29/h6-7,9-10,17,19,21-24,32H,3-5,8,11-16H2,1-2H3/t19-,22?,23+,24-/m1/s1. The van der Waals surface area contributed by atoms with Crippen molar-refractivity contribution in [3.8, 4) is 0 Å². The van der Waals surface area contributed by atoms with E-state index in [1.807, 2.05) is 4.90 Å². The topological polar surface area (TPSA) is 43.8 Å². The van der Waals surface area contributed by atoms with Gasteiger partial charge in [0.1, 0.15) is 0 Å². The van der Waals surface area contributed by atoms with Crippen LogP contribution in [0.1, 0.15) is 76.3 Å². The molecule has 184 valence electrons. The average Bonchev–Trinajstić information content (AvgIpc) is 3.60. The molecule has 7 heteroatoms. The number of carbonyl (C=O) groups is 1. The van der Waals surface area contributed by atoms with Gasteiger partial charge in [0.05, 0.1) is 18.2 Å². The highest BCUT2D eigenvalue weighted by molar-refractivity contribution is 5.78. The maximum Gasteiger partial charge on any atom is 0.416 e. The number of piperidine rings is 1. The van der Waals surface area contributed by atoms with Gasteiger partial charge in [0, 0.05) is 31.1 Å². The number of fused-ring (bicyclic) bond motifs is 1. The number of benzene rings is 1. The van der Waals surface area contributed by atoms with Crippen LogP contribution in [0.25, 0.3) is 0 Å². The first-order chi connectivity index (χ1) is 15.7. The molecule has 3 aliphatic rings. The van der Waals surface area contributed by atoms with Crippen LogP contribution in [0.3, 0.4) is 0 Å². The van der Waals surface area contributed by atoms with Gasteiger partial charge in [0.15, 0.2) is 0 Å². The smallest absolute Gasteiger partial charge is 0.394 e. The molecule has 4 atom stereocenters. The number of hydrogen-bond donors (Lipinski definition) is 1. The molecule has 1 aromatic carbocycles. The Kier molecular flexibility index (Phi) is 7.39. The summed E-state index contributed by atoms with van der Waals surface area (Å²) in [5, 5.41) is 10.0. The van der Waals surface area contributed by atoms with Gasteiger partial charge in [-0.2, -0.15) is 13.2 Å². The van der Waals surface area contributed by atoms with Gasteiger partial charge in [-0.05, 0) is 74.5 Å². The number of nitrogens with zero attached hydrogens (tertiary/aromatic N) is 2. The van der Waals surface area contributed by atoms with E-state index in [-0.39, 0.29) is 30.5 Å². The van der Waals surface area contributed by atoms with Crippen LogP contribution in [0.5, 0.6) is 0 Å². The fraction of sp³-hybridized carbons (Fsp3) is 0.731. The largest absolute Gasteiger partial charge is 0.416 e. The zero-order chi connectivity index (χ0) is 23.8. The molecule has 1 unspecified atom stereocenters. The first-order valence-corrected chi connectivity index (χ1v) is 12.5. The van der Waals surface area contributed by atoms with E-state index in [0.29, 0.717) is 31.0 Å². The van der Waals surface area contributed by atoms with E-state index in [1.165, 1.54) is 12.1 Å². The molecular formula is C26H37F3N2O2. The second-order valence-electron chi connectivity index (χ2n) is 10.6. The molecule has 0 bridgehead atoms. The molecule has 1 saturated heterocycles. The van der Waals surface area contributed by atoms with Gasteiger partial charge in [-0.3, -0.25) is 9.69 Å². The third-order valence-corrected chi connectivity index (χ3v) is 7.98. The van der Waals surface area contributed by atoms with E-state index in [4.69, 9.17) is 0 Å². The molecule has 1 N–H and O–H groups in total. The number of amides is 1. The first kappa shape index (κ1) is 24.5. The fourth-order valence-electron chi connectivity index (χ4n) is 6.05. The lowest BCUT2D eigenvalue weighted by atomic mass is 9.82. The van der Waals surface area contributed by atoms with Crippen LogP contribution in [0.4, 0.5) is 13.2 Å². The summed E-state index contributed by atoms with van der Waals surface area (Å²) in [7, 11) is 0. The Balaban J connectivity index is 1.49. The number of aliphatic hydroxyl groups is 1. The molecule has 1 aliphatic heterocycles. The van der Waals surface area contributed by atoms with E-state index in [0.717, 1.165) is 50.5 Å². The Hall–Kier alpha value is -1.60. The number of rotatable bonds is 7. The van der Waals surface area contributed by atoms with Crippen molar-refractivity contribution in [2.24, 2.45) is 11.8 Å². The molecule has 4 nitrogen and oxygen atoms in total. The Bertz CT molecular complexity index is 807. The number of carbonyl (C=O) groups excluding carboxylic acids is 1. The minimum Gasteiger partial charge on any atom is -0.394 e. The molecular weight excluding hydrogens is 429 g/mol. The maximum atomic E-state index is 13.0. The lowest BCUT2D eigenvalue weighted by Crippen LogP contribution is -2.56. The van der Waals surface area contributed by atoms with Crippen molar-refractivity contribution in [2.45, 2.75) is 102 Å². The molecule has 1 heterocycles. The number of hydrogen-bond acceptors (Lipinski definition) is 3. The quantitative estimate of drug-likeness (QED) is 0.598. The first-order valence-electron chi connectivity index (χ1n) is 12.5. The summed E-state index contributed by atoms with van der Waals surface area (Å²) in [6.07, 6.45) is 3.49. The van der Waals surface area contributed by atoms with Gasteiger partial charge >= 0.3 is 6.18 Å². The highest BCUT2D eigenvalue weighted by Crippen LogP contribution is 2.41. The molecule has 2 saturated carbocycles. The van der Waals surface area contributed by atoms with Gasteiger partial charge in [-0.25, -0.2) is 0 Å². The van der Waals surface area contributed by atoms with E-state index >= 15 is 0 Å². The Morgan fingerprint density at radius 1 is 1.06 bits per heavy atom. The number of likely N-dealkylation sites (tertiary alicyclic amines) is 1. The molecule has 33 heavy (non-hydrogen) atoms. The second kappa shape index (κ2) is 9.95. The molecule has 4 rings (SSSR count). The Morgan fingerprint density at radius 3 is 2.33 bits per heavy atom. The molecule has 1 amide bonds. The van der Waals surface area contributed by atoms with E-state index in [1.54, 1.807) is 12.1 Å². The van der Waals surface area contributed by atoms with Gasteiger partial charge in [0.25, 0.3) is 0 Å². The van der Waals surface area contributed by atoms with Crippen LogP contribution in [-0.2, 0) is 17.5 Å². The van der Waals surface area contributed by atoms with Crippen LogP contribution >= 0.6 is 0 Å². The number of aliphatic hydroxyl groups excluding tert-OH is 1. The normalized spacial score (nSPS) is 27.6. The van der Waals surface area contributed by atoms with Crippen LogP contribution < -0.4 is 0 Å². The molecule has 2 aliphatic carbocycles. The zero-order valence-electron chi connectivity index (χ0n) is 19.7. The van der Waals surface area contributed by atoms with Crippen LogP contribution in [0.15, 0.2) is 24.3 Å². The maximum absolute atomic E-state index is 13.0. The molecule has 3 fully saturated rings. The lowest BCUT2D eigenvalue weighted by molar-refractivity contribution is -0.145. The van der Waals surface area contributed by atoms with Crippen LogP contribution in [-0.4, -0.2) is 51.6 Å². The van der Waals surface area contributed by atoms with Crippen molar-refractivity contribution in [3.05, 3.63) is 35.4 Å². The third-order valence-electron chi connectivity index (χ3n) is 7.98. The van der Waals surface area contributed by atoms with Crippen molar-refractivity contribution < 1.29 is 23.1 Å². The zero-order valence-corrected chi connectivity index (χ0v) is 19.7. The fourth-order valence-corrected chi connectivity index (χ4v) is 6.05. The second-order valence-corrected chi connectivity index (χ2v) is 10.6. The molecule has 0 radical (unpaired) electrons. The predicted octanol–water partition coefficient (Wildman–Crippen LogP) is 5.24. The van der Waals surface area contributed by atoms with Gasteiger partial charge in [0.2, 0.25) is 5.91 Å². The third kappa shape index (κ3) is 5.56. The number of halogens is 3. The van der Waals surface area contributed by atoms with Gasteiger partial charge in [-0.15, -0.1) is 0 Å². The number of alkyl halides is 3. The minimum atomic E-state index is -4.31. The van der Waals surface area contributed by atoms with E-state index < -0.39 is 11.7 Å². The monoisotopic (exact) mass is 466 g/mol. The summed E-state index contributed by atoms with van der Waals surface area (Å²) in [6, 6.07) is 6.56.